The second kappa shape index (κ2) is 7.95. The zero-order chi connectivity index (χ0) is 19.6. The topological polar surface area (TPSA) is 109 Å². The third-order valence-electron chi connectivity index (χ3n) is 3.63. The molecule has 3 rings (SSSR count). The van der Waals surface area contributed by atoms with E-state index < -0.39 is 10.0 Å². The highest BCUT2D eigenvalue weighted by atomic mass is 32.2. The lowest BCUT2D eigenvalue weighted by atomic mass is 10.3. The minimum Gasteiger partial charge on any atom is -0.274 e. The van der Waals surface area contributed by atoms with Crippen molar-refractivity contribution >= 4 is 55.8 Å². The van der Waals surface area contributed by atoms with Gasteiger partial charge < -0.3 is 0 Å². The van der Waals surface area contributed by atoms with Gasteiger partial charge in [-0.1, -0.05) is 36.9 Å². The van der Waals surface area contributed by atoms with Crippen molar-refractivity contribution in [1.29, 1.82) is 0 Å². The second-order valence-corrected chi connectivity index (χ2v) is 10.2. The van der Waals surface area contributed by atoms with Crippen LogP contribution in [0.4, 0.5) is 10.8 Å². The molecule has 1 saturated heterocycles. The zero-order valence-electron chi connectivity index (χ0n) is 14.7. The Morgan fingerprint density at radius 2 is 1.78 bits per heavy atom. The van der Waals surface area contributed by atoms with E-state index in [1.807, 2.05) is 0 Å². The van der Waals surface area contributed by atoms with Crippen LogP contribution in [0, 0.1) is 5.92 Å². The van der Waals surface area contributed by atoms with Crippen molar-refractivity contribution in [2.24, 2.45) is 5.92 Å². The third kappa shape index (κ3) is 4.66. The molecule has 0 unspecified atom stereocenters. The van der Waals surface area contributed by atoms with Gasteiger partial charge in [-0.05, 0) is 30.2 Å². The molecule has 1 fully saturated rings. The molecule has 2 aromatic rings. The van der Waals surface area contributed by atoms with Crippen LogP contribution in [0.1, 0.15) is 26.7 Å². The number of thioether (sulfide) groups is 1. The fourth-order valence-corrected chi connectivity index (χ4v) is 5.32. The van der Waals surface area contributed by atoms with E-state index >= 15 is 0 Å². The molecule has 2 amide bonds. The fourth-order valence-electron chi connectivity index (χ4n) is 2.36. The van der Waals surface area contributed by atoms with Gasteiger partial charge in [-0.25, -0.2) is 8.42 Å². The van der Waals surface area contributed by atoms with Crippen molar-refractivity contribution in [3.63, 3.8) is 0 Å². The summed E-state index contributed by atoms with van der Waals surface area (Å²) in [5, 5.41) is 8.03. The van der Waals surface area contributed by atoms with Crippen LogP contribution >= 0.6 is 23.1 Å². The number of rotatable bonds is 7. The first-order valence-corrected chi connectivity index (χ1v) is 11.5. The predicted octanol–water partition coefficient (Wildman–Crippen LogP) is 2.74. The number of anilines is 2. The minimum atomic E-state index is -3.84. The molecule has 1 aromatic heterocycles. The second-order valence-electron chi connectivity index (χ2n) is 6.30. The van der Waals surface area contributed by atoms with Crippen LogP contribution in [0.15, 0.2) is 33.5 Å². The number of imide groups is 1. The van der Waals surface area contributed by atoms with E-state index in [-0.39, 0.29) is 34.7 Å². The van der Waals surface area contributed by atoms with E-state index in [1.165, 1.54) is 47.4 Å². The van der Waals surface area contributed by atoms with E-state index in [9.17, 15) is 18.0 Å². The average Bonchev–Trinajstić information content (AvgIpc) is 3.19. The normalized spacial score (nSPS) is 15.0. The molecule has 1 aromatic carbocycles. The maximum absolute atomic E-state index is 12.5. The minimum absolute atomic E-state index is 0.0110. The van der Waals surface area contributed by atoms with E-state index in [2.05, 4.69) is 28.8 Å². The van der Waals surface area contributed by atoms with Gasteiger partial charge in [0, 0.05) is 18.6 Å². The Kier molecular flexibility index (Phi) is 5.82. The van der Waals surface area contributed by atoms with Crippen LogP contribution in [0.2, 0.25) is 0 Å². The van der Waals surface area contributed by atoms with Gasteiger partial charge in [0.1, 0.15) is 0 Å². The molecule has 0 bridgehead atoms. The van der Waals surface area contributed by atoms with E-state index in [4.69, 9.17) is 0 Å². The Balaban J connectivity index is 1.72. The SMILES string of the molecule is CC(C)CSc1nnc(NS(=O)(=O)c2ccc(N3C(=O)CCC3=O)cc2)s1. The predicted molar refractivity (Wildman–Crippen MR) is 104 cm³/mol. The number of carbonyl (C=O) groups is 2. The molecular formula is C16H18N4O4S3. The molecule has 144 valence electrons. The van der Waals surface area contributed by atoms with Crippen LogP contribution in [-0.2, 0) is 19.6 Å². The summed E-state index contributed by atoms with van der Waals surface area (Å²) in [5.74, 6) is 0.798. The summed E-state index contributed by atoms with van der Waals surface area (Å²) in [4.78, 5) is 24.6. The lowest BCUT2D eigenvalue weighted by Gasteiger charge is -2.14. The van der Waals surface area contributed by atoms with E-state index in [0.717, 1.165) is 10.7 Å². The molecule has 0 saturated carbocycles. The van der Waals surface area contributed by atoms with Crippen LogP contribution in [0.3, 0.4) is 0 Å². The molecule has 1 N–H and O–H groups in total. The maximum atomic E-state index is 12.5. The maximum Gasteiger partial charge on any atom is 0.263 e. The van der Waals surface area contributed by atoms with Crippen molar-refractivity contribution < 1.29 is 18.0 Å². The summed E-state index contributed by atoms with van der Waals surface area (Å²) in [6, 6.07) is 5.59. The van der Waals surface area contributed by atoms with Gasteiger partial charge in [-0.3, -0.25) is 19.2 Å². The average molecular weight is 427 g/mol. The Morgan fingerprint density at radius 3 is 2.37 bits per heavy atom. The highest BCUT2D eigenvalue weighted by Crippen LogP contribution is 2.29. The monoisotopic (exact) mass is 426 g/mol. The van der Waals surface area contributed by atoms with Gasteiger partial charge in [-0.15, -0.1) is 10.2 Å². The molecule has 1 aliphatic rings. The lowest BCUT2D eigenvalue weighted by Crippen LogP contribution is -2.28. The molecular weight excluding hydrogens is 408 g/mol. The summed E-state index contributed by atoms with van der Waals surface area (Å²) >= 11 is 2.70. The molecule has 8 nitrogen and oxygen atoms in total. The number of hydrogen-bond donors (Lipinski definition) is 1. The summed E-state index contributed by atoms with van der Waals surface area (Å²) in [6.07, 6.45) is 0.350. The lowest BCUT2D eigenvalue weighted by molar-refractivity contribution is -0.121. The van der Waals surface area contributed by atoms with Gasteiger partial charge in [0.2, 0.25) is 16.9 Å². The Labute approximate surface area is 165 Å². The number of aromatic nitrogens is 2. The van der Waals surface area contributed by atoms with E-state index in [1.54, 1.807) is 0 Å². The van der Waals surface area contributed by atoms with Gasteiger partial charge >= 0.3 is 0 Å². The van der Waals surface area contributed by atoms with Crippen molar-refractivity contribution in [2.45, 2.75) is 35.9 Å². The Bertz CT molecular complexity index is 938. The Hall–Kier alpha value is -1.98. The van der Waals surface area contributed by atoms with Gasteiger partial charge in [0.05, 0.1) is 10.6 Å². The quantitative estimate of drug-likeness (QED) is 0.535. The fraction of sp³-hybridized carbons (Fsp3) is 0.375. The van der Waals surface area contributed by atoms with Crippen molar-refractivity contribution in [3.05, 3.63) is 24.3 Å². The van der Waals surface area contributed by atoms with Crippen LogP contribution in [-0.4, -0.2) is 36.2 Å². The van der Waals surface area contributed by atoms with Crippen LogP contribution in [0.5, 0.6) is 0 Å². The zero-order valence-corrected chi connectivity index (χ0v) is 17.2. The molecule has 0 radical (unpaired) electrons. The van der Waals surface area contributed by atoms with Gasteiger partial charge in [0.15, 0.2) is 4.34 Å². The highest BCUT2D eigenvalue weighted by molar-refractivity contribution is 8.01. The molecule has 11 heteroatoms. The number of hydrogen-bond acceptors (Lipinski definition) is 8. The number of nitrogens with zero attached hydrogens (tertiary/aromatic N) is 3. The van der Waals surface area contributed by atoms with Gasteiger partial charge in [0.25, 0.3) is 10.0 Å². The molecule has 0 atom stereocenters. The first kappa shape index (κ1) is 19.8. The summed E-state index contributed by atoms with van der Waals surface area (Å²) in [5.41, 5.74) is 0.365. The number of carbonyl (C=O) groups excluding carboxylic acids is 2. The summed E-state index contributed by atoms with van der Waals surface area (Å²) < 4.78 is 28.1. The third-order valence-corrected chi connectivity index (χ3v) is 7.51. The number of nitrogens with one attached hydrogen (secondary N) is 1. The molecule has 2 heterocycles. The molecule has 1 aliphatic heterocycles. The smallest absolute Gasteiger partial charge is 0.263 e. The molecule has 27 heavy (non-hydrogen) atoms. The number of sulfonamides is 1. The number of amides is 2. The van der Waals surface area contributed by atoms with Crippen LogP contribution in [0.25, 0.3) is 0 Å². The number of benzene rings is 1. The van der Waals surface area contributed by atoms with Crippen molar-refractivity contribution in [1.82, 2.24) is 10.2 Å². The van der Waals surface area contributed by atoms with Crippen molar-refractivity contribution in [3.8, 4) is 0 Å². The van der Waals surface area contributed by atoms with E-state index in [0.29, 0.717) is 15.9 Å². The first-order chi connectivity index (χ1) is 12.8. The van der Waals surface area contributed by atoms with Gasteiger partial charge in [-0.2, -0.15) is 0 Å². The van der Waals surface area contributed by atoms with Crippen LogP contribution < -0.4 is 9.62 Å². The standard InChI is InChI=1S/C16H18N4O4S3/c1-10(2)9-25-16-18-17-15(26-16)19-27(23,24)12-5-3-11(4-6-12)20-13(21)7-8-14(20)22/h3-6,10H,7-9H2,1-2H3,(H,17,19). The highest BCUT2D eigenvalue weighted by Gasteiger charge is 2.30. The largest absolute Gasteiger partial charge is 0.274 e. The molecule has 0 spiro atoms. The van der Waals surface area contributed by atoms with Crippen molar-refractivity contribution in [2.75, 3.05) is 15.4 Å². The molecule has 0 aliphatic carbocycles. The Morgan fingerprint density at radius 1 is 1.15 bits per heavy atom. The summed E-state index contributed by atoms with van der Waals surface area (Å²) in [7, 11) is -3.84. The first-order valence-electron chi connectivity index (χ1n) is 8.21. The summed E-state index contributed by atoms with van der Waals surface area (Å²) in [6.45, 7) is 4.18.